The SMILES string of the molecule is [C-]#[N+]CC(C)(C)OCCc1ccc(C(=O)c2ccc3n2CC[C@@H]3C(=O)O)cc1.[C-]#[N+]CC(C)(C)OCCc1ccc(C(=O)c2ccc3n2CC[C@@H]3C(=O)O)cc1.[C-]#[N+]CC(C)(C)OCCc1ccc(C(=O)c2ccc3n2CC[C@@H]3C(=O)O)cc1.[C-]#[N+]CC(C)(C)OCCc1ccc(C(=O)c2ccc3n2CC[C@@H]3C(=O)O)cc1.[Cu].[Na+].[O]=[Tc](=[O])(=[O])[O-]. The van der Waals surface area contributed by atoms with Crippen LogP contribution in [0.25, 0.3) is 19.4 Å². The van der Waals surface area contributed by atoms with E-state index in [1.807, 2.05) is 122 Å². The van der Waals surface area contributed by atoms with Crippen LogP contribution in [-0.4, -0.2) is 161 Å². The van der Waals surface area contributed by atoms with Gasteiger partial charge in [0, 0.05) is 88.3 Å². The summed E-state index contributed by atoms with van der Waals surface area (Å²) in [5, 5.41) is 37.1. The predicted octanol–water partition coefficient (Wildman–Crippen LogP) is 9.65. The van der Waals surface area contributed by atoms with E-state index < -0.39 is 85.5 Å². The van der Waals surface area contributed by atoms with Gasteiger partial charge in [-0.3, -0.25) is 38.4 Å². The average molecular weight is 1770 g/mol. The fourth-order valence-electron chi connectivity index (χ4n) is 14.2. The van der Waals surface area contributed by atoms with Crippen molar-refractivity contribution in [2.75, 3.05) is 52.6 Å². The molecule has 0 aliphatic carbocycles. The van der Waals surface area contributed by atoms with E-state index in [1.165, 1.54) is 0 Å². The number of carbonyl (C=O) groups excluding carboxylic acids is 4. The molecule has 4 aliphatic rings. The Morgan fingerprint density at radius 3 is 0.672 bits per heavy atom. The van der Waals surface area contributed by atoms with Crippen LogP contribution >= 0.6 is 0 Å². The topological polar surface area (TPSA) is 366 Å². The first kappa shape index (κ1) is 97.7. The number of nitrogens with zero attached hydrogens (tertiary/aromatic N) is 8. The standard InChI is InChI=1S/4C22H24N2O4.Cu.Na.4O.Tc/c4*1-22(2,14-23-3)28-13-11-15-4-6-16(7-5-15)20(25)19-9-8-18-17(21(26)27)10-12-24(18)19;;;;;;;/h4*4-9,17H,10-14H2,1-2H3,(H,26,27);;;;;;;/q;;;;;+1;;;;-1;/t4*17-;;;;;;;/m0000......./s1. The second kappa shape index (κ2) is 43.7. The monoisotopic (exact) mass is 1770 g/mol. The first-order valence-corrected chi connectivity index (χ1v) is 41.1. The van der Waals surface area contributed by atoms with Gasteiger partial charge in [0.15, 0.2) is 0 Å². The Morgan fingerprint density at radius 1 is 0.353 bits per heavy atom. The molecule has 0 spiro atoms. The summed E-state index contributed by atoms with van der Waals surface area (Å²) in [6.07, 6.45) is 4.91. The van der Waals surface area contributed by atoms with E-state index in [0.29, 0.717) is 198 Å². The number of rotatable bonds is 32. The minimum absolute atomic E-state index is 0. The molecular formula is C88H96CuN8NaO20Tc. The third-order valence-electron chi connectivity index (χ3n) is 20.4. The summed E-state index contributed by atoms with van der Waals surface area (Å²) >= 11 is -5.94. The van der Waals surface area contributed by atoms with Crippen molar-refractivity contribution < 1.29 is 154 Å². The van der Waals surface area contributed by atoms with Crippen molar-refractivity contribution in [3.05, 3.63) is 281 Å². The summed E-state index contributed by atoms with van der Waals surface area (Å²) in [7, 11) is 0. The number of ether oxygens (including phenoxy) is 4. The van der Waals surface area contributed by atoms with E-state index in [1.54, 1.807) is 97.1 Å². The van der Waals surface area contributed by atoms with Crippen molar-refractivity contribution >= 4 is 47.0 Å². The van der Waals surface area contributed by atoms with Crippen molar-refractivity contribution in [3.8, 4) is 0 Å². The van der Waals surface area contributed by atoms with Crippen LogP contribution in [0.15, 0.2) is 146 Å². The molecule has 4 aliphatic heterocycles. The van der Waals surface area contributed by atoms with E-state index in [9.17, 15) is 58.8 Å². The molecule has 4 N–H and O–H groups in total. The Hall–Kier alpha value is -10.1. The van der Waals surface area contributed by atoms with Crippen LogP contribution in [0.2, 0.25) is 0 Å². The Balaban J connectivity index is 0.000000240. The van der Waals surface area contributed by atoms with Gasteiger partial charge in [-0.05, 0) is 178 Å². The van der Waals surface area contributed by atoms with Crippen molar-refractivity contribution in [3.63, 3.8) is 0 Å². The Morgan fingerprint density at radius 2 is 0.521 bits per heavy atom. The zero-order valence-electron chi connectivity index (χ0n) is 67.9. The van der Waals surface area contributed by atoms with Crippen LogP contribution in [0.3, 0.4) is 0 Å². The number of fused-ring (bicyclic) bond motifs is 4. The molecule has 28 nitrogen and oxygen atoms in total. The molecule has 627 valence electrons. The van der Waals surface area contributed by atoms with Gasteiger partial charge in [-0.1, -0.05) is 97.1 Å². The molecule has 1 radical (unpaired) electrons. The summed E-state index contributed by atoms with van der Waals surface area (Å²) in [6.45, 7) is 48.5. The molecule has 0 saturated carbocycles. The normalized spacial score (nSPS) is 15.4. The van der Waals surface area contributed by atoms with Gasteiger partial charge in [0.2, 0.25) is 49.3 Å². The molecule has 4 aromatic carbocycles. The molecule has 31 heteroatoms. The van der Waals surface area contributed by atoms with Gasteiger partial charge in [-0.15, -0.1) is 0 Å². The first-order valence-electron chi connectivity index (χ1n) is 38.0. The number of carbonyl (C=O) groups is 8. The van der Waals surface area contributed by atoms with Gasteiger partial charge in [-0.25, -0.2) is 26.3 Å². The fourth-order valence-corrected chi connectivity index (χ4v) is 14.2. The number of aliphatic carboxylic acids is 4. The third kappa shape index (κ3) is 27.5. The summed E-state index contributed by atoms with van der Waals surface area (Å²) in [5.41, 5.74) is 9.68. The Labute approximate surface area is 727 Å². The first-order chi connectivity index (χ1) is 55.3. The summed E-state index contributed by atoms with van der Waals surface area (Å²) in [5.74, 6) is -5.90. The van der Waals surface area contributed by atoms with Crippen molar-refractivity contribution in [2.24, 2.45) is 0 Å². The number of carboxylic acids is 4. The quantitative estimate of drug-likeness (QED) is 0.0173. The second-order valence-corrected chi connectivity index (χ2v) is 32.9. The summed E-state index contributed by atoms with van der Waals surface area (Å²) in [4.78, 5) is 110. The molecule has 0 saturated heterocycles. The molecule has 0 unspecified atom stereocenters. The molecule has 119 heavy (non-hydrogen) atoms. The zero-order chi connectivity index (χ0) is 85.7. The Bertz CT molecular complexity index is 4670. The fraction of sp³-hybridized carbons (Fsp3) is 0.409. The molecule has 12 rings (SSSR count). The van der Waals surface area contributed by atoms with E-state index in [-0.39, 0.29) is 69.8 Å². The van der Waals surface area contributed by atoms with Gasteiger partial charge in [-0.2, -0.15) is 0 Å². The van der Waals surface area contributed by atoms with E-state index in [4.69, 9.17) is 59.6 Å². The molecule has 8 aromatic rings. The van der Waals surface area contributed by atoms with Crippen LogP contribution in [-0.2, 0) is 133 Å². The van der Waals surface area contributed by atoms with Crippen molar-refractivity contribution in [2.45, 2.75) is 179 Å². The van der Waals surface area contributed by atoms with Crippen LogP contribution < -0.4 is 33.4 Å². The van der Waals surface area contributed by atoms with Crippen LogP contribution in [0.4, 0.5) is 0 Å². The number of hydrogen-bond donors (Lipinski definition) is 4. The number of carboxylic acid groups (broad SMARTS) is 4. The molecule has 4 atom stereocenters. The maximum absolute atomic E-state index is 12.9. The maximum atomic E-state index is 12.9. The van der Waals surface area contributed by atoms with Crippen LogP contribution in [0.5, 0.6) is 0 Å². The van der Waals surface area contributed by atoms with E-state index >= 15 is 0 Å². The molecule has 4 aromatic heterocycles. The van der Waals surface area contributed by atoms with Gasteiger partial charge in [0.1, 0.15) is 22.4 Å². The number of hydrogen-bond acceptors (Lipinski definition) is 16. The molecule has 0 amide bonds. The number of aromatic nitrogens is 4. The van der Waals surface area contributed by atoms with Gasteiger partial charge < -0.3 is 77.0 Å². The summed E-state index contributed by atoms with van der Waals surface area (Å²) < 4.78 is 64.8. The average Bonchev–Trinajstić information content (AvgIpc) is 1.65. The van der Waals surface area contributed by atoms with Crippen molar-refractivity contribution in [1.29, 1.82) is 0 Å². The summed E-state index contributed by atoms with van der Waals surface area (Å²) in [6, 6.07) is 43.5. The zero-order valence-corrected chi connectivity index (χ0v) is 72.7. The second-order valence-electron chi connectivity index (χ2n) is 31.1. The van der Waals surface area contributed by atoms with Gasteiger partial charge >= 0.3 is 83.3 Å². The molecule has 0 bridgehead atoms. The number of ketones is 4. The van der Waals surface area contributed by atoms with Crippen molar-refractivity contribution in [1.82, 2.24) is 18.3 Å². The minimum atomic E-state index is -5.94. The van der Waals surface area contributed by atoms with Crippen LogP contribution in [0, 0.1) is 26.3 Å². The van der Waals surface area contributed by atoms with Gasteiger partial charge in [0.05, 0.1) is 72.9 Å². The van der Waals surface area contributed by atoms with E-state index in [0.717, 1.165) is 22.3 Å². The van der Waals surface area contributed by atoms with E-state index in [2.05, 4.69) is 19.4 Å². The molecule has 8 heterocycles. The molecular weight excluding hydrogens is 1670 g/mol. The predicted molar refractivity (Wildman–Crippen MR) is 420 cm³/mol. The van der Waals surface area contributed by atoms with Gasteiger partial charge in [0.25, 0.3) is 0 Å². The van der Waals surface area contributed by atoms with Crippen LogP contribution in [0.1, 0.15) is 214 Å². The molecule has 0 fully saturated rings. The number of benzene rings is 4. The third-order valence-corrected chi connectivity index (χ3v) is 20.4. The Kier molecular flexibility index (Phi) is 35.9.